The Hall–Kier alpha value is -2.39. The van der Waals surface area contributed by atoms with E-state index in [1.54, 1.807) is 6.07 Å². The highest BCUT2D eigenvalue weighted by Gasteiger charge is 2.12. The molecule has 6 heteroatoms. The van der Waals surface area contributed by atoms with Crippen LogP contribution >= 0.6 is 12.2 Å². The summed E-state index contributed by atoms with van der Waals surface area (Å²) in [6.07, 6.45) is 0. The van der Waals surface area contributed by atoms with E-state index in [2.05, 4.69) is 16.2 Å². The van der Waals surface area contributed by atoms with Gasteiger partial charge < -0.3 is 4.98 Å². The number of fused-ring (bicyclic) bond motifs is 1. The molecule has 0 aliphatic rings. The van der Waals surface area contributed by atoms with E-state index in [0.29, 0.717) is 16.9 Å². The standard InChI is InChI=1S/C14H13N5S/c1-9-12-13(18(2)17-9)19(14(20)16-12)8-11-5-3-4-10(6-11)7-15/h3-6H,8H2,1-2H3,(H,16,20). The maximum Gasteiger partial charge on any atom is 0.179 e. The SMILES string of the molecule is Cc1nn(C)c2c1[nH]c(=S)n2Cc1cccc(C#N)c1. The normalized spacial score (nSPS) is 10.8. The number of imidazole rings is 1. The second-order valence-electron chi connectivity index (χ2n) is 4.74. The summed E-state index contributed by atoms with van der Waals surface area (Å²) >= 11 is 5.39. The van der Waals surface area contributed by atoms with Crippen molar-refractivity contribution in [3.8, 4) is 6.07 Å². The molecule has 3 aromatic rings. The van der Waals surface area contributed by atoms with E-state index in [1.807, 2.05) is 41.4 Å². The van der Waals surface area contributed by atoms with Crippen LogP contribution in [-0.2, 0) is 13.6 Å². The van der Waals surface area contributed by atoms with Gasteiger partial charge in [0.15, 0.2) is 10.4 Å². The average molecular weight is 283 g/mol. The first kappa shape index (κ1) is 12.6. The number of rotatable bonds is 2. The van der Waals surface area contributed by atoms with Crippen molar-refractivity contribution in [2.24, 2.45) is 7.05 Å². The number of H-pyrrole nitrogens is 1. The van der Waals surface area contributed by atoms with Crippen LogP contribution in [0.5, 0.6) is 0 Å². The first-order chi connectivity index (χ1) is 9.60. The van der Waals surface area contributed by atoms with Crippen molar-refractivity contribution >= 4 is 23.4 Å². The molecule has 2 heterocycles. The molecule has 0 saturated heterocycles. The molecule has 0 amide bonds. The Labute approximate surface area is 121 Å². The number of hydrogen-bond acceptors (Lipinski definition) is 3. The largest absolute Gasteiger partial charge is 0.328 e. The molecule has 100 valence electrons. The molecular formula is C14H13N5S. The van der Waals surface area contributed by atoms with Crippen LogP contribution in [0.4, 0.5) is 0 Å². The Balaban J connectivity index is 2.13. The highest BCUT2D eigenvalue weighted by Crippen LogP contribution is 2.18. The fourth-order valence-corrected chi connectivity index (χ4v) is 2.69. The molecule has 0 saturated carbocycles. The molecule has 20 heavy (non-hydrogen) atoms. The maximum absolute atomic E-state index is 8.96. The van der Waals surface area contributed by atoms with Crippen LogP contribution in [0.1, 0.15) is 16.8 Å². The van der Waals surface area contributed by atoms with E-state index in [1.165, 1.54) is 0 Å². The molecule has 0 radical (unpaired) electrons. The van der Waals surface area contributed by atoms with Crippen LogP contribution in [0.15, 0.2) is 24.3 Å². The maximum atomic E-state index is 8.96. The van der Waals surface area contributed by atoms with Crippen molar-refractivity contribution in [2.45, 2.75) is 13.5 Å². The Kier molecular flexibility index (Phi) is 2.92. The molecule has 0 aliphatic carbocycles. The van der Waals surface area contributed by atoms with E-state index in [0.717, 1.165) is 22.4 Å². The number of aromatic nitrogens is 4. The van der Waals surface area contributed by atoms with Crippen molar-refractivity contribution in [3.05, 3.63) is 45.9 Å². The van der Waals surface area contributed by atoms with Crippen molar-refractivity contribution in [3.63, 3.8) is 0 Å². The molecule has 3 rings (SSSR count). The van der Waals surface area contributed by atoms with Crippen LogP contribution in [0.2, 0.25) is 0 Å². The second kappa shape index (κ2) is 4.62. The Bertz CT molecular complexity index is 891. The van der Waals surface area contributed by atoms with Gasteiger partial charge in [-0.15, -0.1) is 0 Å². The minimum absolute atomic E-state index is 0.618. The lowest BCUT2D eigenvalue weighted by molar-refractivity contribution is 0.715. The highest BCUT2D eigenvalue weighted by atomic mass is 32.1. The Morgan fingerprint density at radius 1 is 1.45 bits per heavy atom. The molecule has 0 atom stereocenters. The molecule has 1 aromatic carbocycles. The molecule has 5 nitrogen and oxygen atoms in total. The summed E-state index contributed by atoms with van der Waals surface area (Å²) in [5.41, 5.74) is 4.56. The smallest absolute Gasteiger partial charge is 0.179 e. The topological polar surface area (TPSA) is 62.3 Å². The Morgan fingerprint density at radius 3 is 3.00 bits per heavy atom. The van der Waals surface area contributed by atoms with E-state index in [9.17, 15) is 0 Å². The third-order valence-corrected chi connectivity index (χ3v) is 3.64. The number of nitrogens with zero attached hydrogens (tertiary/aromatic N) is 4. The predicted molar refractivity (Wildman–Crippen MR) is 78.9 cm³/mol. The molecule has 0 unspecified atom stereocenters. The molecule has 1 N–H and O–H groups in total. The monoisotopic (exact) mass is 283 g/mol. The highest BCUT2D eigenvalue weighted by molar-refractivity contribution is 7.71. The van der Waals surface area contributed by atoms with Gasteiger partial charge in [0, 0.05) is 7.05 Å². The lowest BCUT2D eigenvalue weighted by Crippen LogP contribution is -2.04. The number of benzene rings is 1. The van der Waals surface area contributed by atoms with E-state index in [-0.39, 0.29) is 0 Å². The first-order valence-electron chi connectivity index (χ1n) is 6.21. The van der Waals surface area contributed by atoms with Gasteiger partial charge in [-0.05, 0) is 36.8 Å². The quantitative estimate of drug-likeness (QED) is 0.735. The van der Waals surface area contributed by atoms with E-state index < -0.39 is 0 Å². The van der Waals surface area contributed by atoms with Gasteiger partial charge in [-0.1, -0.05) is 12.1 Å². The zero-order valence-electron chi connectivity index (χ0n) is 11.2. The number of aryl methyl sites for hydroxylation is 2. The fraction of sp³-hybridized carbons (Fsp3) is 0.214. The summed E-state index contributed by atoms with van der Waals surface area (Å²) < 4.78 is 4.49. The lowest BCUT2D eigenvalue weighted by atomic mass is 10.1. The zero-order chi connectivity index (χ0) is 14.3. The summed E-state index contributed by atoms with van der Waals surface area (Å²) in [6, 6.07) is 9.70. The van der Waals surface area contributed by atoms with Gasteiger partial charge in [0.05, 0.1) is 23.9 Å². The third-order valence-electron chi connectivity index (χ3n) is 3.32. The van der Waals surface area contributed by atoms with Crippen molar-refractivity contribution in [1.82, 2.24) is 19.3 Å². The first-order valence-corrected chi connectivity index (χ1v) is 6.62. The number of nitrogens with one attached hydrogen (secondary N) is 1. The molecule has 0 fully saturated rings. The summed E-state index contributed by atoms with van der Waals surface area (Å²) in [6.45, 7) is 2.57. The molecule has 0 bridgehead atoms. The average Bonchev–Trinajstić information content (AvgIpc) is 2.89. The van der Waals surface area contributed by atoms with Crippen LogP contribution in [0.25, 0.3) is 11.2 Å². The van der Waals surface area contributed by atoms with Crippen molar-refractivity contribution in [1.29, 1.82) is 5.26 Å². The van der Waals surface area contributed by atoms with Gasteiger partial charge in [0.1, 0.15) is 5.52 Å². The summed E-state index contributed by atoms with van der Waals surface area (Å²) in [5, 5.41) is 13.4. The predicted octanol–water partition coefficient (Wildman–Crippen LogP) is 2.66. The van der Waals surface area contributed by atoms with Gasteiger partial charge in [0.25, 0.3) is 0 Å². The fourth-order valence-electron chi connectivity index (χ4n) is 2.44. The van der Waals surface area contributed by atoms with Crippen LogP contribution in [0.3, 0.4) is 0 Å². The van der Waals surface area contributed by atoms with Crippen LogP contribution < -0.4 is 0 Å². The molecule has 0 spiro atoms. The zero-order valence-corrected chi connectivity index (χ0v) is 12.0. The minimum atomic E-state index is 0.618. The molecule has 2 aromatic heterocycles. The summed E-state index contributed by atoms with van der Waals surface area (Å²) in [5.74, 6) is 0. The number of aromatic amines is 1. The van der Waals surface area contributed by atoms with Gasteiger partial charge in [-0.3, -0.25) is 9.25 Å². The minimum Gasteiger partial charge on any atom is -0.328 e. The van der Waals surface area contributed by atoms with E-state index >= 15 is 0 Å². The third kappa shape index (κ3) is 1.92. The molecule has 0 aliphatic heterocycles. The van der Waals surface area contributed by atoms with Crippen molar-refractivity contribution < 1.29 is 0 Å². The van der Waals surface area contributed by atoms with Crippen LogP contribution in [0, 0.1) is 23.0 Å². The van der Waals surface area contributed by atoms with Gasteiger partial charge in [-0.2, -0.15) is 10.4 Å². The second-order valence-corrected chi connectivity index (χ2v) is 5.12. The van der Waals surface area contributed by atoms with Gasteiger partial charge in [-0.25, -0.2) is 0 Å². The summed E-state index contributed by atoms with van der Waals surface area (Å²) in [4.78, 5) is 3.19. The van der Waals surface area contributed by atoms with Crippen LogP contribution in [-0.4, -0.2) is 19.3 Å². The van der Waals surface area contributed by atoms with E-state index in [4.69, 9.17) is 17.5 Å². The lowest BCUT2D eigenvalue weighted by Gasteiger charge is -2.05. The molecular weight excluding hydrogens is 270 g/mol. The Morgan fingerprint density at radius 2 is 2.25 bits per heavy atom. The van der Waals surface area contributed by atoms with Gasteiger partial charge in [0.2, 0.25) is 0 Å². The van der Waals surface area contributed by atoms with Gasteiger partial charge >= 0.3 is 0 Å². The number of nitriles is 1. The summed E-state index contributed by atoms with van der Waals surface area (Å²) in [7, 11) is 1.90. The number of hydrogen-bond donors (Lipinski definition) is 1. The van der Waals surface area contributed by atoms with Crippen molar-refractivity contribution in [2.75, 3.05) is 0 Å².